The third-order valence-electron chi connectivity index (χ3n) is 4.67. The van der Waals surface area contributed by atoms with Gasteiger partial charge in [0.15, 0.2) is 0 Å². The van der Waals surface area contributed by atoms with E-state index in [2.05, 4.69) is 21.2 Å². The number of hydrogen-bond acceptors (Lipinski definition) is 3. The van der Waals surface area contributed by atoms with Crippen LogP contribution in [-0.2, 0) is 14.8 Å². The van der Waals surface area contributed by atoms with E-state index in [4.69, 9.17) is 0 Å². The van der Waals surface area contributed by atoms with Crippen molar-refractivity contribution in [2.24, 2.45) is 0 Å². The molecule has 3 aromatic carbocycles. The lowest BCUT2D eigenvalue weighted by Gasteiger charge is -2.25. The first kappa shape index (κ1) is 22.1. The Morgan fingerprint density at radius 2 is 1.67 bits per heavy atom. The fourth-order valence-corrected chi connectivity index (χ4v) is 4.84. The molecule has 0 bridgehead atoms. The number of sulfonamides is 1. The predicted molar refractivity (Wildman–Crippen MR) is 123 cm³/mol. The normalized spacial score (nSPS) is 12.2. The second-order valence-electron chi connectivity index (χ2n) is 7.00. The SMILES string of the molecule is Cc1ccc(C(C)NC(=O)CN(c2cccc(Br)c2)S(=O)(=O)c2ccccc2)cc1. The lowest BCUT2D eigenvalue weighted by molar-refractivity contribution is -0.120. The zero-order valence-electron chi connectivity index (χ0n) is 16.7. The van der Waals surface area contributed by atoms with Crippen LogP contribution in [0.1, 0.15) is 24.1 Å². The van der Waals surface area contributed by atoms with Crippen molar-refractivity contribution in [1.82, 2.24) is 5.32 Å². The van der Waals surface area contributed by atoms with Crippen molar-refractivity contribution >= 4 is 37.5 Å². The van der Waals surface area contributed by atoms with E-state index in [0.717, 1.165) is 19.9 Å². The van der Waals surface area contributed by atoms with E-state index in [0.29, 0.717) is 5.69 Å². The monoisotopic (exact) mass is 486 g/mol. The van der Waals surface area contributed by atoms with Crippen LogP contribution in [0.5, 0.6) is 0 Å². The number of nitrogens with one attached hydrogen (secondary N) is 1. The van der Waals surface area contributed by atoms with Crippen molar-refractivity contribution < 1.29 is 13.2 Å². The number of aryl methyl sites for hydroxylation is 1. The molecule has 5 nitrogen and oxygen atoms in total. The molecule has 0 saturated heterocycles. The molecule has 1 unspecified atom stereocenters. The summed E-state index contributed by atoms with van der Waals surface area (Å²) in [5.74, 6) is -0.387. The second kappa shape index (κ2) is 9.45. The maximum atomic E-state index is 13.3. The Labute approximate surface area is 185 Å². The average Bonchev–Trinajstić information content (AvgIpc) is 2.73. The highest BCUT2D eigenvalue weighted by molar-refractivity contribution is 9.10. The third kappa shape index (κ3) is 5.29. The van der Waals surface area contributed by atoms with Crippen molar-refractivity contribution in [1.29, 1.82) is 0 Å². The molecule has 1 N–H and O–H groups in total. The number of carbonyl (C=O) groups excluding carboxylic acids is 1. The first-order valence-electron chi connectivity index (χ1n) is 9.46. The Morgan fingerprint density at radius 1 is 1.00 bits per heavy atom. The standard InChI is InChI=1S/C23H23BrN2O3S/c1-17-11-13-19(14-12-17)18(2)25-23(27)16-26(21-8-6-7-20(24)15-21)30(28,29)22-9-4-3-5-10-22/h3-15,18H,16H2,1-2H3,(H,25,27). The summed E-state index contributed by atoms with van der Waals surface area (Å²) in [5, 5.41) is 2.90. The molecule has 156 valence electrons. The number of hydrogen-bond donors (Lipinski definition) is 1. The lowest BCUT2D eigenvalue weighted by Crippen LogP contribution is -2.41. The minimum atomic E-state index is -3.92. The fraction of sp³-hybridized carbons (Fsp3) is 0.174. The van der Waals surface area contributed by atoms with Gasteiger partial charge in [0.25, 0.3) is 10.0 Å². The van der Waals surface area contributed by atoms with E-state index in [9.17, 15) is 13.2 Å². The number of carbonyl (C=O) groups is 1. The van der Waals surface area contributed by atoms with Gasteiger partial charge in [-0.2, -0.15) is 0 Å². The summed E-state index contributed by atoms with van der Waals surface area (Å²) in [5.41, 5.74) is 2.49. The summed E-state index contributed by atoms with van der Waals surface area (Å²) in [4.78, 5) is 12.9. The summed E-state index contributed by atoms with van der Waals surface area (Å²) in [6, 6.07) is 22.6. The van der Waals surface area contributed by atoms with E-state index >= 15 is 0 Å². The molecular formula is C23H23BrN2O3S. The Balaban J connectivity index is 1.87. The number of rotatable bonds is 7. The molecule has 0 aliphatic carbocycles. The minimum absolute atomic E-state index is 0.129. The predicted octanol–water partition coefficient (Wildman–Crippen LogP) is 4.83. The number of nitrogens with zero attached hydrogens (tertiary/aromatic N) is 1. The fourth-order valence-electron chi connectivity index (χ4n) is 3.02. The highest BCUT2D eigenvalue weighted by Crippen LogP contribution is 2.26. The first-order chi connectivity index (χ1) is 14.3. The average molecular weight is 487 g/mol. The molecule has 30 heavy (non-hydrogen) atoms. The number of halogens is 1. The van der Waals surface area contributed by atoms with Gasteiger partial charge in [-0.25, -0.2) is 8.42 Å². The zero-order chi connectivity index (χ0) is 21.7. The Kier molecular flexibility index (Phi) is 6.95. The quantitative estimate of drug-likeness (QED) is 0.519. The van der Waals surface area contributed by atoms with Crippen LogP contribution in [0.3, 0.4) is 0 Å². The van der Waals surface area contributed by atoms with Gasteiger partial charge in [0, 0.05) is 4.47 Å². The van der Waals surface area contributed by atoms with Crippen LogP contribution in [0.4, 0.5) is 5.69 Å². The van der Waals surface area contributed by atoms with Gasteiger partial charge in [0.05, 0.1) is 16.6 Å². The zero-order valence-corrected chi connectivity index (χ0v) is 19.2. The molecule has 3 rings (SSSR count). The Bertz CT molecular complexity index is 1120. The van der Waals surface area contributed by atoms with E-state index in [-0.39, 0.29) is 23.4 Å². The lowest BCUT2D eigenvalue weighted by atomic mass is 10.1. The number of amides is 1. The van der Waals surface area contributed by atoms with Gasteiger partial charge in [0.2, 0.25) is 5.91 Å². The van der Waals surface area contributed by atoms with Crippen molar-refractivity contribution in [3.63, 3.8) is 0 Å². The molecule has 3 aromatic rings. The molecular weight excluding hydrogens is 464 g/mol. The number of benzene rings is 3. The molecule has 1 atom stereocenters. The first-order valence-corrected chi connectivity index (χ1v) is 11.7. The molecule has 0 spiro atoms. The molecule has 0 saturated carbocycles. The van der Waals surface area contributed by atoms with Gasteiger partial charge >= 0.3 is 0 Å². The van der Waals surface area contributed by atoms with Crippen LogP contribution in [0, 0.1) is 6.92 Å². The van der Waals surface area contributed by atoms with Crippen LogP contribution in [0.25, 0.3) is 0 Å². The van der Waals surface area contributed by atoms with E-state index in [1.54, 1.807) is 42.5 Å². The van der Waals surface area contributed by atoms with Gasteiger partial charge in [-0.1, -0.05) is 70.0 Å². The molecule has 7 heteroatoms. The van der Waals surface area contributed by atoms with E-state index < -0.39 is 10.0 Å². The van der Waals surface area contributed by atoms with Crippen LogP contribution < -0.4 is 9.62 Å². The maximum Gasteiger partial charge on any atom is 0.264 e. The van der Waals surface area contributed by atoms with Crippen molar-refractivity contribution in [3.8, 4) is 0 Å². The minimum Gasteiger partial charge on any atom is -0.348 e. The summed E-state index contributed by atoms with van der Waals surface area (Å²) >= 11 is 3.37. The summed E-state index contributed by atoms with van der Waals surface area (Å²) in [6.07, 6.45) is 0. The Hall–Kier alpha value is -2.64. The van der Waals surface area contributed by atoms with Crippen molar-refractivity contribution in [2.45, 2.75) is 24.8 Å². The molecule has 0 aromatic heterocycles. The van der Waals surface area contributed by atoms with Crippen LogP contribution in [0.15, 0.2) is 88.2 Å². The van der Waals surface area contributed by atoms with E-state index in [1.165, 1.54) is 12.1 Å². The highest BCUT2D eigenvalue weighted by atomic mass is 79.9. The maximum absolute atomic E-state index is 13.3. The smallest absolute Gasteiger partial charge is 0.264 e. The highest BCUT2D eigenvalue weighted by Gasteiger charge is 2.27. The summed E-state index contributed by atoms with van der Waals surface area (Å²) in [6.45, 7) is 3.54. The molecule has 1 amide bonds. The Morgan fingerprint density at radius 3 is 2.30 bits per heavy atom. The molecule has 0 radical (unpaired) electrons. The van der Waals surface area contributed by atoms with E-state index in [1.807, 2.05) is 38.1 Å². The van der Waals surface area contributed by atoms with Gasteiger partial charge in [0.1, 0.15) is 6.54 Å². The van der Waals surface area contributed by atoms with Gasteiger partial charge in [-0.3, -0.25) is 9.10 Å². The largest absolute Gasteiger partial charge is 0.348 e. The van der Waals surface area contributed by atoms with Crippen LogP contribution in [-0.4, -0.2) is 20.9 Å². The molecule has 0 aliphatic heterocycles. The van der Waals surface area contributed by atoms with Gasteiger partial charge in [-0.15, -0.1) is 0 Å². The topological polar surface area (TPSA) is 66.5 Å². The second-order valence-corrected chi connectivity index (χ2v) is 9.78. The van der Waals surface area contributed by atoms with Crippen LogP contribution >= 0.6 is 15.9 Å². The van der Waals surface area contributed by atoms with Crippen LogP contribution in [0.2, 0.25) is 0 Å². The van der Waals surface area contributed by atoms with Gasteiger partial charge < -0.3 is 5.32 Å². The van der Waals surface area contributed by atoms with Crippen molar-refractivity contribution in [3.05, 3.63) is 94.5 Å². The molecule has 0 fully saturated rings. The molecule has 0 aliphatic rings. The summed E-state index contributed by atoms with van der Waals surface area (Å²) < 4.78 is 28.5. The number of anilines is 1. The summed E-state index contributed by atoms with van der Waals surface area (Å²) in [7, 11) is -3.92. The molecule has 0 heterocycles. The van der Waals surface area contributed by atoms with Crippen molar-refractivity contribution in [2.75, 3.05) is 10.8 Å². The van der Waals surface area contributed by atoms with Gasteiger partial charge in [-0.05, 0) is 49.7 Å². The third-order valence-corrected chi connectivity index (χ3v) is 6.95.